The molecule has 1 atom stereocenters. The van der Waals surface area contributed by atoms with E-state index in [1.807, 2.05) is 13.0 Å². The van der Waals surface area contributed by atoms with Gasteiger partial charge in [0.05, 0.1) is 14.2 Å². The average Bonchev–Trinajstić information content (AvgIpc) is 2.36. The van der Waals surface area contributed by atoms with Gasteiger partial charge in [-0.3, -0.25) is 0 Å². The van der Waals surface area contributed by atoms with Gasteiger partial charge in [0.25, 0.3) is 0 Å². The minimum atomic E-state index is -0.869. The predicted octanol–water partition coefficient (Wildman–Crippen LogP) is 1.92. The topological polar surface area (TPSA) is 59.0 Å². The Morgan fingerprint density at radius 3 is 2.22 bits per heavy atom. The van der Waals surface area contributed by atoms with E-state index in [-0.39, 0.29) is 0 Å². The van der Waals surface area contributed by atoms with E-state index in [1.54, 1.807) is 39.2 Å². The highest BCUT2D eigenvalue weighted by atomic mass is 16.5. The van der Waals surface area contributed by atoms with Crippen LogP contribution in [0, 0.1) is 6.92 Å². The fraction of sp³-hybridized carbons (Fsp3) is 0.462. The molecule has 0 spiro atoms. The molecule has 0 aliphatic rings. The highest BCUT2D eigenvalue weighted by molar-refractivity contribution is 5.78. The van der Waals surface area contributed by atoms with Crippen LogP contribution in [-0.2, 0) is 4.79 Å². The molecule has 5 nitrogen and oxygen atoms in total. The zero-order valence-corrected chi connectivity index (χ0v) is 11.4. The van der Waals surface area contributed by atoms with E-state index >= 15 is 0 Å². The quantitative estimate of drug-likeness (QED) is 0.868. The molecule has 0 aromatic heterocycles. The predicted molar refractivity (Wildman–Crippen MR) is 69.8 cm³/mol. The van der Waals surface area contributed by atoms with Crippen molar-refractivity contribution in [2.75, 3.05) is 26.2 Å². The summed E-state index contributed by atoms with van der Waals surface area (Å²) in [6, 6.07) is 3.01. The van der Waals surface area contributed by atoms with Gasteiger partial charge < -0.3 is 19.5 Å². The minimum absolute atomic E-state index is 0.586. The Morgan fingerprint density at radius 2 is 1.78 bits per heavy atom. The summed E-state index contributed by atoms with van der Waals surface area (Å²) in [5, 5.41) is 9.03. The summed E-state index contributed by atoms with van der Waals surface area (Å²) in [6.45, 7) is 3.54. The summed E-state index contributed by atoms with van der Waals surface area (Å²) in [5.41, 5.74) is 1.74. The Balaban J connectivity index is 3.20. The molecule has 0 saturated heterocycles. The number of methoxy groups -OCH3 is 2. The molecule has 5 heteroatoms. The van der Waals surface area contributed by atoms with Crippen LogP contribution in [0.25, 0.3) is 0 Å². The molecule has 1 rings (SSSR count). The van der Waals surface area contributed by atoms with E-state index in [4.69, 9.17) is 14.6 Å². The van der Waals surface area contributed by atoms with Crippen LogP contribution in [0.4, 0.5) is 5.69 Å². The molecule has 100 valence electrons. The van der Waals surface area contributed by atoms with Crippen LogP contribution in [0.15, 0.2) is 12.1 Å². The van der Waals surface area contributed by atoms with Crippen molar-refractivity contribution < 1.29 is 19.4 Å². The normalized spacial score (nSPS) is 11.8. The van der Waals surface area contributed by atoms with Crippen molar-refractivity contribution in [1.82, 2.24) is 0 Å². The Kier molecular flexibility index (Phi) is 4.42. The van der Waals surface area contributed by atoms with Gasteiger partial charge in [-0.05, 0) is 25.5 Å². The number of ether oxygens (including phenoxy) is 2. The number of rotatable bonds is 5. The van der Waals surface area contributed by atoms with Gasteiger partial charge in [0.1, 0.15) is 6.04 Å². The van der Waals surface area contributed by atoms with Crippen molar-refractivity contribution in [3.05, 3.63) is 17.7 Å². The lowest BCUT2D eigenvalue weighted by molar-refractivity contribution is -0.138. The van der Waals surface area contributed by atoms with Crippen molar-refractivity contribution >= 4 is 11.7 Å². The third-order valence-corrected chi connectivity index (χ3v) is 3.02. The van der Waals surface area contributed by atoms with Crippen LogP contribution >= 0.6 is 0 Å². The maximum atomic E-state index is 11.0. The van der Waals surface area contributed by atoms with Crippen LogP contribution < -0.4 is 14.4 Å². The van der Waals surface area contributed by atoms with Crippen LogP contribution in [0.1, 0.15) is 12.5 Å². The van der Waals surface area contributed by atoms with Crippen molar-refractivity contribution in [2.24, 2.45) is 0 Å². The SMILES string of the molecule is COc1cc(C)c(N(C)C(C)C(=O)O)cc1OC. The summed E-state index contributed by atoms with van der Waals surface area (Å²) < 4.78 is 10.4. The summed E-state index contributed by atoms with van der Waals surface area (Å²) in [5.74, 6) is 0.351. The monoisotopic (exact) mass is 253 g/mol. The van der Waals surface area contributed by atoms with E-state index in [1.165, 1.54) is 0 Å². The van der Waals surface area contributed by atoms with Crippen LogP contribution in [0.2, 0.25) is 0 Å². The van der Waals surface area contributed by atoms with Crippen molar-refractivity contribution in [3.63, 3.8) is 0 Å². The second-order valence-electron chi connectivity index (χ2n) is 4.12. The van der Waals surface area contributed by atoms with Gasteiger partial charge in [0.15, 0.2) is 11.5 Å². The van der Waals surface area contributed by atoms with Crippen LogP contribution in [0.5, 0.6) is 11.5 Å². The molecule has 1 aromatic carbocycles. The molecule has 0 aliphatic heterocycles. The average molecular weight is 253 g/mol. The van der Waals surface area contributed by atoms with Gasteiger partial charge in [-0.1, -0.05) is 0 Å². The number of aryl methyl sites for hydroxylation is 1. The molecule has 0 aliphatic carbocycles. The Morgan fingerprint density at radius 1 is 1.28 bits per heavy atom. The number of likely N-dealkylation sites (N-methyl/N-ethyl adjacent to an activating group) is 1. The third-order valence-electron chi connectivity index (χ3n) is 3.02. The second kappa shape index (κ2) is 5.62. The molecule has 1 aromatic rings. The van der Waals surface area contributed by atoms with Crippen LogP contribution in [0.3, 0.4) is 0 Å². The highest BCUT2D eigenvalue weighted by Gasteiger charge is 2.20. The molecule has 0 saturated carbocycles. The third kappa shape index (κ3) is 2.67. The first-order valence-electron chi connectivity index (χ1n) is 5.60. The van der Waals surface area contributed by atoms with Gasteiger partial charge in [-0.2, -0.15) is 0 Å². The maximum Gasteiger partial charge on any atom is 0.326 e. The molecule has 0 amide bonds. The number of anilines is 1. The number of nitrogens with zero attached hydrogens (tertiary/aromatic N) is 1. The molecule has 1 unspecified atom stereocenters. The van der Waals surface area contributed by atoms with Gasteiger partial charge in [0, 0.05) is 18.8 Å². The lowest BCUT2D eigenvalue weighted by Gasteiger charge is -2.26. The molecule has 0 fully saturated rings. The number of carboxylic acids is 1. The van der Waals surface area contributed by atoms with E-state index in [0.29, 0.717) is 11.5 Å². The molecular weight excluding hydrogens is 234 g/mol. The van der Waals surface area contributed by atoms with E-state index in [2.05, 4.69) is 0 Å². The molecule has 0 heterocycles. The summed E-state index contributed by atoms with van der Waals surface area (Å²) in [4.78, 5) is 12.7. The summed E-state index contributed by atoms with van der Waals surface area (Å²) >= 11 is 0. The molecule has 0 bridgehead atoms. The van der Waals surface area contributed by atoms with E-state index in [0.717, 1.165) is 11.3 Å². The standard InChI is InChI=1S/C13H19NO4/c1-8-6-11(17-4)12(18-5)7-10(8)14(3)9(2)13(15)16/h6-7,9H,1-5H3,(H,15,16). The number of hydrogen-bond acceptors (Lipinski definition) is 4. The number of carboxylic acid groups (broad SMARTS) is 1. The zero-order chi connectivity index (χ0) is 13.9. The first-order chi connectivity index (χ1) is 8.42. The minimum Gasteiger partial charge on any atom is -0.493 e. The smallest absolute Gasteiger partial charge is 0.326 e. The van der Waals surface area contributed by atoms with Crippen LogP contribution in [-0.4, -0.2) is 38.4 Å². The number of benzene rings is 1. The first kappa shape index (κ1) is 14.2. The van der Waals surface area contributed by atoms with Crippen molar-refractivity contribution in [3.8, 4) is 11.5 Å². The molecule has 1 N–H and O–H groups in total. The number of aliphatic carboxylic acids is 1. The number of hydrogen-bond donors (Lipinski definition) is 1. The van der Waals surface area contributed by atoms with Crippen molar-refractivity contribution in [1.29, 1.82) is 0 Å². The van der Waals surface area contributed by atoms with E-state index in [9.17, 15) is 4.79 Å². The lowest BCUT2D eigenvalue weighted by Crippen LogP contribution is -2.36. The maximum absolute atomic E-state index is 11.0. The molecule has 18 heavy (non-hydrogen) atoms. The Bertz CT molecular complexity index is 445. The fourth-order valence-corrected chi connectivity index (χ4v) is 1.72. The Labute approximate surface area is 107 Å². The first-order valence-corrected chi connectivity index (χ1v) is 5.60. The van der Waals surface area contributed by atoms with Gasteiger partial charge >= 0.3 is 5.97 Å². The number of carbonyl (C=O) groups is 1. The van der Waals surface area contributed by atoms with Gasteiger partial charge in [-0.25, -0.2) is 4.79 Å². The summed E-state index contributed by atoms with van der Waals surface area (Å²) in [7, 11) is 4.87. The van der Waals surface area contributed by atoms with Gasteiger partial charge in [-0.15, -0.1) is 0 Å². The zero-order valence-electron chi connectivity index (χ0n) is 11.4. The lowest BCUT2D eigenvalue weighted by atomic mass is 10.1. The van der Waals surface area contributed by atoms with E-state index < -0.39 is 12.0 Å². The largest absolute Gasteiger partial charge is 0.493 e. The van der Waals surface area contributed by atoms with Crippen molar-refractivity contribution in [2.45, 2.75) is 19.9 Å². The van der Waals surface area contributed by atoms with Gasteiger partial charge in [0.2, 0.25) is 0 Å². The fourth-order valence-electron chi connectivity index (χ4n) is 1.72. The Hall–Kier alpha value is -1.91. The highest BCUT2D eigenvalue weighted by Crippen LogP contribution is 2.34. The molecule has 0 radical (unpaired) electrons. The summed E-state index contributed by atoms with van der Waals surface area (Å²) in [6.07, 6.45) is 0. The molecular formula is C13H19NO4. The second-order valence-corrected chi connectivity index (χ2v) is 4.12.